The summed E-state index contributed by atoms with van der Waals surface area (Å²) in [4.78, 5) is 78.5. The first kappa shape index (κ1) is 46.0. The Morgan fingerprint density at radius 1 is 0.704 bits per heavy atom. The van der Waals surface area contributed by atoms with Crippen LogP contribution in [0.15, 0.2) is 60.7 Å². The number of nitrogens with two attached hydrogens (primary N) is 2. The zero-order valence-corrected chi connectivity index (χ0v) is 34.8. The van der Waals surface area contributed by atoms with Crippen molar-refractivity contribution in [3.05, 3.63) is 71.8 Å². The van der Waals surface area contributed by atoms with E-state index in [1.54, 1.807) is 36.4 Å². The fraction of sp³-hybridized carbons (Fsp3) is 0.438. The molecule has 1 heterocycles. The van der Waals surface area contributed by atoms with Crippen LogP contribution in [0.25, 0.3) is 0 Å². The number of carbonyl (C=O) groups excluding carboxylic acids is 6. The van der Waals surface area contributed by atoms with Crippen molar-refractivity contribution in [2.45, 2.75) is 46.8 Å². The molecule has 1 aliphatic heterocycles. The van der Waals surface area contributed by atoms with Gasteiger partial charge in [-0.05, 0) is 32.7 Å². The second kappa shape index (κ2) is 22.4. The minimum atomic E-state index is -4.53. The third kappa shape index (κ3) is 12.3. The number of methoxy groups -OCH3 is 2. The lowest BCUT2D eigenvalue weighted by Gasteiger charge is -2.41. The van der Waals surface area contributed by atoms with E-state index in [-0.39, 0.29) is 34.1 Å². The number of ether oxygens (including phenoxy) is 2. The molecule has 0 aromatic heterocycles. The molecule has 1 saturated heterocycles. The molecule has 0 saturated carbocycles. The van der Waals surface area contributed by atoms with Gasteiger partial charge in [-0.3, -0.25) is 24.5 Å². The molecule has 7 N–H and O–H groups in total. The van der Waals surface area contributed by atoms with Crippen molar-refractivity contribution in [3.63, 3.8) is 0 Å². The van der Waals surface area contributed by atoms with Crippen molar-refractivity contribution in [3.8, 4) is 0 Å². The van der Waals surface area contributed by atoms with E-state index in [9.17, 15) is 37.2 Å². The Morgan fingerprint density at radius 2 is 1.06 bits per heavy atom. The molecule has 0 aliphatic carbocycles. The summed E-state index contributed by atoms with van der Waals surface area (Å²) < 4.78 is 39.5. The Bertz CT molecular complexity index is 1610. The van der Waals surface area contributed by atoms with Gasteiger partial charge in [0.05, 0.1) is 26.3 Å². The Kier molecular flexibility index (Phi) is 19.0. The number of hydrogen-bond acceptors (Lipinski definition) is 19. The first-order valence-corrected chi connectivity index (χ1v) is 23.5. The van der Waals surface area contributed by atoms with Crippen molar-refractivity contribution >= 4 is 112 Å². The summed E-state index contributed by atoms with van der Waals surface area (Å²) in [5, 5.41) is 4.03. The van der Waals surface area contributed by atoms with Crippen LogP contribution in [0.4, 0.5) is 0 Å². The summed E-state index contributed by atoms with van der Waals surface area (Å²) in [5.41, 5.74) is 11.9. The fourth-order valence-corrected chi connectivity index (χ4v) is 12.4. The predicted molar refractivity (Wildman–Crippen MR) is 220 cm³/mol. The number of esters is 2. The van der Waals surface area contributed by atoms with Gasteiger partial charge < -0.3 is 31.6 Å². The van der Waals surface area contributed by atoms with E-state index in [2.05, 4.69) is 41.2 Å². The first-order valence-electron chi connectivity index (χ1n) is 16.0. The van der Waals surface area contributed by atoms with Gasteiger partial charge >= 0.3 is 11.9 Å². The summed E-state index contributed by atoms with van der Waals surface area (Å²) in [6.07, 6.45) is 0. The number of rotatable bonds is 18. The van der Waals surface area contributed by atoms with E-state index in [0.717, 1.165) is 57.4 Å². The number of hydrogen-bond donors (Lipinski definition) is 7. The van der Waals surface area contributed by atoms with Crippen molar-refractivity contribution in [1.29, 1.82) is 0 Å². The summed E-state index contributed by atoms with van der Waals surface area (Å²) in [7, 11) is 1.03. The quantitative estimate of drug-likeness (QED) is 0.0624. The minimum absolute atomic E-state index is 0.0912. The molecule has 1 fully saturated rings. The second-order valence-corrected chi connectivity index (χ2v) is 19.1. The molecule has 2 aromatic rings. The van der Waals surface area contributed by atoms with E-state index in [4.69, 9.17) is 20.9 Å². The number of nitrogens with one attached hydrogen (secondary N) is 3. The number of carbonyl (C=O) groups is 6. The van der Waals surface area contributed by atoms with Crippen LogP contribution in [0.3, 0.4) is 0 Å². The molecule has 6 unspecified atom stereocenters. The molecule has 15 nitrogen and oxygen atoms in total. The monoisotopic (exact) mass is 879 g/mol. The van der Waals surface area contributed by atoms with E-state index in [0.29, 0.717) is 0 Å². The third-order valence-electron chi connectivity index (χ3n) is 7.85. The molecule has 3 rings (SSSR count). The van der Waals surface area contributed by atoms with E-state index >= 15 is 0 Å². The average Bonchev–Trinajstić information content (AvgIpc) is 3.18. The molecule has 0 spiro atoms. The second-order valence-electron chi connectivity index (χ2n) is 11.5. The van der Waals surface area contributed by atoms with Crippen LogP contribution in [-0.4, -0.2) is 116 Å². The summed E-state index contributed by atoms with van der Waals surface area (Å²) >= 11 is 8.02. The summed E-state index contributed by atoms with van der Waals surface area (Å²) in [6.45, 7) is 0. The van der Waals surface area contributed by atoms with Crippen molar-refractivity contribution in [2.24, 2.45) is 11.5 Å². The highest BCUT2D eigenvalue weighted by atomic mass is 33.1. The van der Waals surface area contributed by atoms with Crippen LogP contribution in [0, 0.1) is 0 Å². The van der Waals surface area contributed by atoms with Gasteiger partial charge in [-0.25, -0.2) is 18.0 Å². The number of benzene rings is 2. The van der Waals surface area contributed by atoms with Crippen molar-refractivity contribution < 1.29 is 46.7 Å². The first-order chi connectivity index (χ1) is 25.7. The maximum atomic E-state index is 14.9. The lowest BCUT2D eigenvalue weighted by atomic mass is 9.98. The number of amides is 2. The predicted octanol–water partition coefficient (Wildman–Crippen LogP) is 0.870. The van der Waals surface area contributed by atoms with Gasteiger partial charge in [-0.1, -0.05) is 82.3 Å². The molecule has 8 atom stereocenters. The molecule has 296 valence electrons. The van der Waals surface area contributed by atoms with E-state index in [1.165, 1.54) is 24.3 Å². The molecule has 2 aromatic carbocycles. The van der Waals surface area contributed by atoms with Gasteiger partial charge in [0.25, 0.3) is 0 Å². The van der Waals surface area contributed by atoms with Gasteiger partial charge in [-0.15, -0.1) is 0 Å². The topological polar surface area (TPSA) is 243 Å². The van der Waals surface area contributed by atoms with Crippen LogP contribution in [0.1, 0.15) is 21.6 Å². The highest BCUT2D eigenvalue weighted by Crippen LogP contribution is 2.43. The van der Waals surface area contributed by atoms with Gasteiger partial charge in [-0.2, -0.15) is 25.3 Å². The van der Waals surface area contributed by atoms with Crippen LogP contribution < -0.4 is 27.4 Å². The maximum Gasteiger partial charge on any atom is 0.329 e. The Labute approximate surface area is 340 Å². The molecule has 54 heavy (non-hydrogen) atoms. The molecular weight excluding hydrogens is 839 g/mol. The standard InChI is InChI=1S/C32H41N5O10S7/c1-46-29(40)21(15-50-52-31(42)19(33)13-48)35-27(38)23-25(17-9-5-3-6-10-17)54(44,45)26(18-11-7-4-8-12-18)24(37-23)28(39)36-22(30(41)47-2)16-51-53-32(43)20(34)14-49/h3-12,19-26,37,48-49H,13-16,33-34H2,1-2H3,(H,35,38)(H,36,39)/t19-,20-,21?,22?,23?,24?,25?,26?/m0/s1. The van der Waals surface area contributed by atoms with Crippen molar-refractivity contribution in [1.82, 2.24) is 16.0 Å². The lowest BCUT2D eigenvalue weighted by Crippen LogP contribution is -2.66. The maximum absolute atomic E-state index is 14.9. The van der Waals surface area contributed by atoms with Gasteiger partial charge in [0.2, 0.25) is 22.0 Å². The van der Waals surface area contributed by atoms with Crippen LogP contribution >= 0.6 is 68.4 Å². The smallest absolute Gasteiger partial charge is 0.329 e. The highest BCUT2D eigenvalue weighted by molar-refractivity contribution is 8.82. The van der Waals surface area contributed by atoms with Crippen LogP contribution in [-0.2, 0) is 48.1 Å². The minimum Gasteiger partial charge on any atom is -0.467 e. The molecule has 2 amide bonds. The fourth-order valence-electron chi connectivity index (χ4n) is 5.12. The van der Waals surface area contributed by atoms with E-state index < -0.39 is 90.6 Å². The Hall–Kier alpha value is -2.41. The third-order valence-corrected chi connectivity index (χ3v) is 15.8. The SMILES string of the molecule is COC(=O)C(CSSC(=O)[C@@H](N)CS)NC(=O)C1NC(C(=O)NC(CSSC(=O)[C@@H](N)CS)C(=O)OC)C(c2ccccc2)S(=O)(=O)C1c1ccccc1. The normalized spacial score (nSPS) is 21.4. The average molecular weight is 880 g/mol. The lowest BCUT2D eigenvalue weighted by molar-refractivity contribution is -0.145. The van der Waals surface area contributed by atoms with Crippen molar-refractivity contribution in [2.75, 3.05) is 37.2 Å². The molecular formula is C32H41N5O10S7. The Balaban J connectivity index is 2.04. The van der Waals surface area contributed by atoms with E-state index in [1.807, 2.05) is 0 Å². The van der Waals surface area contributed by atoms with Gasteiger partial charge in [0, 0.05) is 23.0 Å². The largest absolute Gasteiger partial charge is 0.467 e. The Morgan fingerprint density at radius 3 is 1.37 bits per heavy atom. The van der Waals surface area contributed by atoms with Crippen LogP contribution in [0.5, 0.6) is 0 Å². The summed E-state index contributed by atoms with van der Waals surface area (Å²) in [5.74, 6) is -3.84. The molecule has 1 aliphatic rings. The van der Waals surface area contributed by atoms with Gasteiger partial charge in [0.15, 0.2) is 9.84 Å². The number of sulfone groups is 1. The molecule has 0 bridgehead atoms. The number of thiol groups is 2. The zero-order chi connectivity index (χ0) is 40.0. The molecule has 22 heteroatoms. The highest BCUT2D eigenvalue weighted by Gasteiger charge is 2.55. The molecule has 0 radical (unpaired) electrons. The van der Waals surface area contributed by atoms with Crippen LogP contribution in [0.2, 0.25) is 0 Å². The van der Waals surface area contributed by atoms with Gasteiger partial charge in [0.1, 0.15) is 34.7 Å². The zero-order valence-electron chi connectivity index (χ0n) is 28.9. The summed E-state index contributed by atoms with van der Waals surface area (Å²) in [6, 6.07) is 8.04.